The van der Waals surface area contributed by atoms with E-state index in [-0.39, 0.29) is 23.4 Å². The molecule has 0 amide bonds. The molecule has 18 heavy (non-hydrogen) atoms. The molecule has 0 radical (unpaired) electrons. The zero-order chi connectivity index (χ0) is 13.3. The third-order valence-corrected chi connectivity index (χ3v) is 2.41. The predicted octanol–water partition coefficient (Wildman–Crippen LogP) is 3.23. The van der Waals surface area contributed by atoms with Crippen molar-refractivity contribution < 1.29 is 17.9 Å². The minimum atomic E-state index is -4.46. The number of hydrogen-bond donors (Lipinski definition) is 1. The molecule has 0 aliphatic heterocycles. The summed E-state index contributed by atoms with van der Waals surface area (Å²) in [5.74, 6) is -0.0528. The Bertz CT molecular complexity index is 581. The van der Waals surface area contributed by atoms with Crippen molar-refractivity contribution in [1.82, 2.24) is 4.98 Å². The number of alkyl halides is 3. The number of halogens is 3. The number of nitrogen functional groups attached to an aromatic ring is 1. The summed E-state index contributed by atoms with van der Waals surface area (Å²) in [7, 11) is 0. The summed E-state index contributed by atoms with van der Waals surface area (Å²) < 4.78 is 43.8. The van der Waals surface area contributed by atoms with Crippen molar-refractivity contribution in [3.05, 3.63) is 29.8 Å². The van der Waals surface area contributed by atoms with Gasteiger partial charge in [0.15, 0.2) is 0 Å². The summed E-state index contributed by atoms with van der Waals surface area (Å²) in [5, 5.41) is 0.0140. The average Bonchev–Trinajstić information content (AvgIpc) is 2.26. The second-order valence-corrected chi connectivity index (χ2v) is 3.72. The van der Waals surface area contributed by atoms with Crippen LogP contribution >= 0.6 is 0 Å². The van der Waals surface area contributed by atoms with Gasteiger partial charge in [-0.2, -0.15) is 13.2 Å². The lowest BCUT2D eigenvalue weighted by Gasteiger charge is -2.12. The van der Waals surface area contributed by atoms with E-state index in [1.165, 1.54) is 18.2 Å². The molecule has 0 fully saturated rings. The third-order valence-electron chi connectivity index (χ3n) is 2.41. The fraction of sp³-hybridized carbons (Fsp3) is 0.250. The van der Waals surface area contributed by atoms with Crippen molar-refractivity contribution in [3.8, 4) is 5.88 Å². The van der Waals surface area contributed by atoms with Gasteiger partial charge in [-0.3, -0.25) is 0 Å². The van der Waals surface area contributed by atoms with Crippen LogP contribution in [0.25, 0.3) is 10.9 Å². The lowest BCUT2D eigenvalue weighted by Crippen LogP contribution is -2.08. The number of pyridine rings is 1. The number of hydrogen-bond acceptors (Lipinski definition) is 3. The molecule has 1 aromatic carbocycles. The molecule has 96 valence electrons. The van der Waals surface area contributed by atoms with E-state index in [4.69, 9.17) is 10.5 Å². The first-order chi connectivity index (χ1) is 8.41. The van der Waals surface area contributed by atoms with Crippen molar-refractivity contribution in [2.45, 2.75) is 13.1 Å². The fourth-order valence-electron chi connectivity index (χ4n) is 1.68. The molecule has 2 rings (SSSR count). The van der Waals surface area contributed by atoms with Gasteiger partial charge in [-0.15, -0.1) is 0 Å². The van der Waals surface area contributed by atoms with Gasteiger partial charge in [-0.25, -0.2) is 4.98 Å². The molecule has 0 atom stereocenters. The molecule has 1 heterocycles. The predicted molar refractivity (Wildman–Crippen MR) is 62.3 cm³/mol. The zero-order valence-corrected chi connectivity index (χ0v) is 9.58. The number of ether oxygens (including phenoxy) is 1. The maximum atomic E-state index is 12.9. The Hall–Kier alpha value is -1.98. The Balaban J connectivity index is 2.73. The normalized spacial score (nSPS) is 11.8. The largest absolute Gasteiger partial charge is 0.478 e. The van der Waals surface area contributed by atoms with Crippen molar-refractivity contribution >= 4 is 16.6 Å². The number of fused-ring (bicyclic) bond motifs is 1. The highest BCUT2D eigenvalue weighted by Gasteiger charge is 2.33. The van der Waals surface area contributed by atoms with Crippen LogP contribution < -0.4 is 10.5 Å². The monoisotopic (exact) mass is 256 g/mol. The number of aromatic nitrogens is 1. The van der Waals surface area contributed by atoms with Gasteiger partial charge in [0, 0.05) is 17.1 Å². The van der Waals surface area contributed by atoms with Crippen molar-refractivity contribution in [3.63, 3.8) is 0 Å². The standard InChI is InChI=1S/C12H11F3N2O/c1-2-18-11-6-9(12(13,14)15)8-4-3-7(16)5-10(8)17-11/h3-6H,2,16H2,1H3. The molecule has 2 N–H and O–H groups in total. The summed E-state index contributed by atoms with van der Waals surface area (Å²) in [4.78, 5) is 4.00. The summed E-state index contributed by atoms with van der Waals surface area (Å²) in [6, 6.07) is 5.03. The Morgan fingerprint density at radius 2 is 2.00 bits per heavy atom. The molecule has 0 bridgehead atoms. The van der Waals surface area contributed by atoms with Crippen LogP contribution in [-0.4, -0.2) is 11.6 Å². The molecular weight excluding hydrogens is 245 g/mol. The lowest BCUT2D eigenvalue weighted by atomic mass is 10.1. The maximum Gasteiger partial charge on any atom is 0.417 e. The van der Waals surface area contributed by atoms with Crippen LogP contribution in [0.1, 0.15) is 12.5 Å². The highest BCUT2D eigenvalue weighted by Crippen LogP contribution is 2.36. The fourth-order valence-corrected chi connectivity index (χ4v) is 1.68. The van der Waals surface area contributed by atoms with Crippen LogP contribution in [0.3, 0.4) is 0 Å². The molecule has 3 nitrogen and oxygen atoms in total. The van der Waals surface area contributed by atoms with E-state index in [9.17, 15) is 13.2 Å². The molecule has 0 unspecified atom stereocenters. The molecule has 0 saturated carbocycles. The van der Waals surface area contributed by atoms with Crippen molar-refractivity contribution in [2.75, 3.05) is 12.3 Å². The van der Waals surface area contributed by atoms with E-state index < -0.39 is 11.7 Å². The van der Waals surface area contributed by atoms with E-state index in [2.05, 4.69) is 4.98 Å². The Morgan fingerprint density at radius 1 is 1.28 bits per heavy atom. The highest BCUT2D eigenvalue weighted by atomic mass is 19.4. The first kappa shape index (κ1) is 12.5. The summed E-state index contributed by atoms with van der Waals surface area (Å²) in [6.07, 6.45) is -4.46. The topological polar surface area (TPSA) is 48.1 Å². The van der Waals surface area contributed by atoms with E-state index in [1.54, 1.807) is 6.92 Å². The summed E-state index contributed by atoms with van der Waals surface area (Å²) in [6.45, 7) is 1.93. The second kappa shape index (κ2) is 4.36. The van der Waals surface area contributed by atoms with Gasteiger partial charge in [0.05, 0.1) is 17.7 Å². The van der Waals surface area contributed by atoms with Gasteiger partial charge in [-0.05, 0) is 19.1 Å². The van der Waals surface area contributed by atoms with Gasteiger partial charge in [-0.1, -0.05) is 6.07 Å². The first-order valence-corrected chi connectivity index (χ1v) is 5.32. The first-order valence-electron chi connectivity index (χ1n) is 5.32. The third kappa shape index (κ3) is 2.32. The zero-order valence-electron chi connectivity index (χ0n) is 9.58. The van der Waals surface area contributed by atoms with Gasteiger partial charge >= 0.3 is 6.18 Å². The lowest BCUT2D eigenvalue weighted by molar-refractivity contribution is -0.136. The number of rotatable bonds is 2. The molecule has 0 spiro atoms. The average molecular weight is 256 g/mol. The quantitative estimate of drug-likeness (QED) is 0.839. The van der Waals surface area contributed by atoms with Crippen molar-refractivity contribution in [1.29, 1.82) is 0 Å². The molecule has 0 aliphatic carbocycles. The van der Waals surface area contributed by atoms with E-state index in [0.29, 0.717) is 5.69 Å². The highest BCUT2D eigenvalue weighted by molar-refractivity contribution is 5.86. The number of benzene rings is 1. The van der Waals surface area contributed by atoms with E-state index >= 15 is 0 Å². The minimum Gasteiger partial charge on any atom is -0.478 e. The van der Waals surface area contributed by atoms with Crippen LogP contribution in [-0.2, 0) is 6.18 Å². The van der Waals surface area contributed by atoms with Gasteiger partial charge in [0.2, 0.25) is 5.88 Å². The molecular formula is C12H11F3N2O. The van der Waals surface area contributed by atoms with Crippen LogP contribution in [0.2, 0.25) is 0 Å². The maximum absolute atomic E-state index is 12.9. The van der Waals surface area contributed by atoms with E-state index in [0.717, 1.165) is 6.07 Å². The van der Waals surface area contributed by atoms with Gasteiger partial charge in [0.25, 0.3) is 0 Å². The summed E-state index contributed by atoms with van der Waals surface area (Å²) in [5.41, 5.74) is 5.31. The van der Waals surface area contributed by atoms with E-state index in [1.807, 2.05) is 0 Å². The Labute approximate surface area is 101 Å². The minimum absolute atomic E-state index is 0.0140. The SMILES string of the molecule is CCOc1cc(C(F)(F)F)c2ccc(N)cc2n1. The van der Waals surface area contributed by atoms with Crippen LogP contribution in [0, 0.1) is 0 Å². The molecule has 1 aromatic heterocycles. The number of nitrogens with two attached hydrogens (primary N) is 1. The molecule has 2 aromatic rings. The smallest absolute Gasteiger partial charge is 0.417 e. The summed E-state index contributed by atoms with van der Waals surface area (Å²) >= 11 is 0. The second-order valence-electron chi connectivity index (χ2n) is 3.72. The molecule has 0 aliphatic rings. The Kier molecular flexibility index (Phi) is 3.02. The molecule has 6 heteroatoms. The van der Waals surface area contributed by atoms with Crippen LogP contribution in [0.5, 0.6) is 5.88 Å². The van der Waals surface area contributed by atoms with Crippen LogP contribution in [0.4, 0.5) is 18.9 Å². The van der Waals surface area contributed by atoms with Gasteiger partial charge < -0.3 is 10.5 Å². The van der Waals surface area contributed by atoms with Crippen molar-refractivity contribution in [2.24, 2.45) is 0 Å². The van der Waals surface area contributed by atoms with Crippen LogP contribution in [0.15, 0.2) is 24.3 Å². The Morgan fingerprint density at radius 3 is 2.61 bits per heavy atom. The van der Waals surface area contributed by atoms with Gasteiger partial charge in [0.1, 0.15) is 0 Å². The number of nitrogens with zero attached hydrogens (tertiary/aromatic N) is 1. The molecule has 0 saturated heterocycles. The number of anilines is 1.